The second-order valence-electron chi connectivity index (χ2n) is 3.31. The van der Waals surface area contributed by atoms with Crippen molar-refractivity contribution in [3.63, 3.8) is 0 Å². The smallest absolute Gasteiger partial charge is 0.125 e. The van der Waals surface area contributed by atoms with Crippen LogP contribution in [0.15, 0.2) is 36.8 Å². The number of anilines is 1. The zero-order chi connectivity index (χ0) is 11.5. The molecule has 4 nitrogen and oxygen atoms in total. The number of hydrogen-bond donors (Lipinski definition) is 2. The first kappa shape index (κ1) is 10.5. The van der Waals surface area contributed by atoms with E-state index in [-0.39, 0.29) is 0 Å². The third-order valence-corrected chi connectivity index (χ3v) is 2.21. The van der Waals surface area contributed by atoms with Crippen LogP contribution in [0.2, 0.25) is 0 Å². The van der Waals surface area contributed by atoms with Crippen molar-refractivity contribution in [2.24, 2.45) is 0 Å². The third-order valence-electron chi connectivity index (χ3n) is 2.21. The fourth-order valence-electron chi connectivity index (χ4n) is 1.39. The van der Waals surface area contributed by atoms with Gasteiger partial charge in [-0.2, -0.15) is 0 Å². The number of rotatable bonds is 2. The molecule has 82 valence electrons. The second-order valence-corrected chi connectivity index (χ2v) is 3.31. The zero-order valence-electron chi connectivity index (χ0n) is 8.34. The molecule has 0 amide bonds. The minimum Gasteiger partial charge on any atom is -0.398 e. The number of nitrogens with zero attached hydrogens (tertiary/aromatic N) is 2. The van der Waals surface area contributed by atoms with E-state index in [2.05, 4.69) is 9.97 Å². The molecule has 0 radical (unpaired) electrons. The van der Waals surface area contributed by atoms with Gasteiger partial charge in [-0.15, -0.1) is 0 Å². The molecule has 2 rings (SSSR count). The Hall–Kier alpha value is -2.01. The molecule has 0 aliphatic heterocycles. The summed E-state index contributed by atoms with van der Waals surface area (Å²) in [4.78, 5) is 7.76. The van der Waals surface area contributed by atoms with Crippen LogP contribution in [0.25, 0.3) is 0 Å². The lowest BCUT2D eigenvalue weighted by molar-refractivity contribution is 0.215. The lowest BCUT2D eigenvalue weighted by Gasteiger charge is -2.12. The molecule has 1 aromatic heterocycles. The average Bonchev–Trinajstić information content (AvgIpc) is 2.32. The highest BCUT2D eigenvalue weighted by Crippen LogP contribution is 2.25. The maximum Gasteiger partial charge on any atom is 0.125 e. The van der Waals surface area contributed by atoms with Gasteiger partial charge in [-0.05, 0) is 18.2 Å². The number of aliphatic hydroxyl groups excluding tert-OH is 1. The Kier molecular flexibility index (Phi) is 2.78. The summed E-state index contributed by atoms with van der Waals surface area (Å²) in [5.74, 6) is -0.452. The maximum atomic E-state index is 13.0. The fraction of sp³-hybridized carbons (Fsp3) is 0.0909. The highest BCUT2D eigenvalue weighted by Gasteiger charge is 2.15. The minimum atomic E-state index is -1.07. The van der Waals surface area contributed by atoms with Gasteiger partial charge in [0, 0.05) is 23.6 Å². The molecule has 0 aliphatic rings. The quantitative estimate of drug-likeness (QED) is 0.746. The highest BCUT2D eigenvalue weighted by atomic mass is 19.1. The summed E-state index contributed by atoms with van der Waals surface area (Å²) < 4.78 is 13.0. The van der Waals surface area contributed by atoms with Gasteiger partial charge in [0.2, 0.25) is 0 Å². The van der Waals surface area contributed by atoms with Crippen molar-refractivity contribution in [3.8, 4) is 0 Å². The van der Waals surface area contributed by atoms with E-state index >= 15 is 0 Å². The van der Waals surface area contributed by atoms with Gasteiger partial charge in [0.25, 0.3) is 0 Å². The second kappa shape index (κ2) is 4.24. The van der Waals surface area contributed by atoms with E-state index in [9.17, 15) is 9.50 Å². The number of halogens is 1. The van der Waals surface area contributed by atoms with Crippen molar-refractivity contribution in [3.05, 3.63) is 53.9 Å². The molecular weight excluding hydrogens is 209 g/mol. The number of benzene rings is 1. The summed E-state index contributed by atoms with van der Waals surface area (Å²) in [6.07, 6.45) is 3.29. The van der Waals surface area contributed by atoms with Crippen molar-refractivity contribution in [2.45, 2.75) is 6.10 Å². The van der Waals surface area contributed by atoms with E-state index < -0.39 is 11.9 Å². The molecule has 2 aromatic rings. The molecule has 1 atom stereocenters. The SMILES string of the molecule is Nc1ccc(F)cc1C(O)c1cnccn1. The van der Waals surface area contributed by atoms with Crippen LogP contribution in [0.5, 0.6) is 0 Å². The number of nitrogen functional groups attached to an aromatic ring is 1. The summed E-state index contributed by atoms with van der Waals surface area (Å²) in [6.45, 7) is 0. The van der Waals surface area contributed by atoms with Crippen molar-refractivity contribution >= 4 is 5.69 Å². The van der Waals surface area contributed by atoms with Gasteiger partial charge in [0.05, 0.1) is 11.9 Å². The van der Waals surface area contributed by atoms with Crippen LogP contribution in [0.4, 0.5) is 10.1 Å². The van der Waals surface area contributed by atoms with Gasteiger partial charge in [0.15, 0.2) is 0 Å². The van der Waals surface area contributed by atoms with E-state index in [1.54, 1.807) is 0 Å². The third kappa shape index (κ3) is 1.99. The first-order valence-electron chi connectivity index (χ1n) is 4.67. The first-order chi connectivity index (χ1) is 7.68. The van der Waals surface area contributed by atoms with E-state index in [0.29, 0.717) is 16.9 Å². The van der Waals surface area contributed by atoms with Gasteiger partial charge >= 0.3 is 0 Å². The van der Waals surface area contributed by atoms with Gasteiger partial charge in [-0.25, -0.2) is 4.39 Å². The van der Waals surface area contributed by atoms with E-state index in [1.807, 2.05) is 0 Å². The maximum absolute atomic E-state index is 13.0. The summed E-state index contributed by atoms with van der Waals surface area (Å²) >= 11 is 0. The molecule has 5 heteroatoms. The number of nitrogens with two attached hydrogens (primary N) is 1. The predicted octanol–water partition coefficient (Wildman–Crippen LogP) is 1.28. The predicted molar refractivity (Wildman–Crippen MR) is 56.9 cm³/mol. The monoisotopic (exact) mass is 219 g/mol. The Morgan fingerprint density at radius 1 is 1.31 bits per heavy atom. The lowest BCUT2D eigenvalue weighted by atomic mass is 10.0. The Morgan fingerprint density at radius 2 is 2.12 bits per heavy atom. The van der Waals surface area contributed by atoms with Gasteiger partial charge in [-0.1, -0.05) is 0 Å². The molecular formula is C11H10FN3O. The molecule has 1 heterocycles. The Labute approximate surface area is 91.6 Å². The van der Waals surface area contributed by atoms with Gasteiger partial charge < -0.3 is 10.8 Å². The van der Waals surface area contributed by atoms with Crippen LogP contribution in [0.1, 0.15) is 17.4 Å². The molecule has 0 saturated carbocycles. The molecule has 0 bridgehead atoms. The van der Waals surface area contributed by atoms with Crippen LogP contribution in [-0.2, 0) is 0 Å². The Balaban J connectivity index is 2.41. The van der Waals surface area contributed by atoms with E-state index in [0.717, 1.165) is 0 Å². The lowest BCUT2D eigenvalue weighted by Crippen LogP contribution is -2.06. The zero-order valence-corrected chi connectivity index (χ0v) is 8.34. The minimum absolute atomic E-state index is 0.292. The summed E-state index contributed by atoms with van der Waals surface area (Å²) in [7, 11) is 0. The highest BCUT2D eigenvalue weighted by molar-refractivity contribution is 5.49. The summed E-state index contributed by atoms with van der Waals surface area (Å²) in [6, 6.07) is 3.83. The van der Waals surface area contributed by atoms with Crippen LogP contribution in [0.3, 0.4) is 0 Å². The van der Waals surface area contributed by atoms with Crippen molar-refractivity contribution < 1.29 is 9.50 Å². The first-order valence-corrected chi connectivity index (χ1v) is 4.67. The Bertz CT molecular complexity index is 490. The molecule has 0 spiro atoms. The molecule has 16 heavy (non-hydrogen) atoms. The van der Waals surface area contributed by atoms with Crippen molar-refractivity contribution in [1.82, 2.24) is 9.97 Å². The number of aromatic nitrogens is 2. The van der Waals surface area contributed by atoms with E-state index in [1.165, 1.54) is 36.8 Å². The topological polar surface area (TPSA) is 72.0 Å². The van der Waals surface area contributed by atoms with Gasteiger partial charge in [-0.3, -0.25) is 9.97 Å². The Morgan fingerprint density at radius 3 is 2.81 bits per heavy atom. The van der Waals surface area contributed by atoms with Crippen molar-refractivity contribution in [2.75, 3.05) is 5.73 Å². The fourth-order valence-corrected chi connectivity index (χ4v) is 1.39. The summed E-state index contributed by atoms with van der Waals surface area (Å²) in [5.41, 5.74) is 6.60. The average molecular weight is 219 g/mol. The van der Waals surface area contributed by atoms with E-state index in [4.69, 9.17) is 5.73 Å². The molecule has 0 aliphatic carbocycles. The standard InChI is InChI=1S/C11H10FN3O/c12-7-1-2-9(13)8(5-7)11(16)10-6-14-3-4-15-10/h1-6,11,16H,13H2. The normalized spacial score (nSPS) is 12.4. The molecule has 3 N–H and O–H groups in total. The summed E-state index contributed by atoms with van der Waals surface area (Å²) in [5, 5.41) is 9.95. The van der Waals surface area contributed by atoms with Crippen LogP contribution in [0, 0.1) is 5.82 Å². The molecule has 0 fully saturated rings. The van der Waals surface area contributed by atoms with Gasteiger partial charge in [0.1, 0.15) is 11.9 Å². The van der Waals surface area contributed by atoms with Crippen LogP contribution >= 0.6 is 0 Å². The van der Waals surface area contributed by atoms with Crippen LogP contribution < -0.4 is 5.73 Å². The number of aliphatic hydroxyl groups is 1. The molecule has 1 aromatic carbocycles. The number of hydrogen-bond acceptors (Lipinski definition) is 4. The largest absolute Gasteiger partial charge is 0.398 e. The molecule has 0 saturated heterocycles. The van der Waals surface area contributed by atoms with Crippen molar-refractivity contribution in [1.29, 1.82) is 0 Å². The van der Waals surface area contributed by atoms with Crippen LogP contribution in [-0.4, -0.2) is 15.1 Å². The molecule has 1 unspecified atom stereocenters.